The Labute approximate surface area is 158 Å². The van der Waals surface area contributed by atoms with E-state index in [0.717, 1.165) is 11.1 Å². The summed E-state index contributed by atoms with van der Waals surface area (Å²) in [4.78, 5) is 26.4. The van der Waals surface area contributed by atoms with Gasteiger partial charge in [-0.15, -0.1) is 0 Å². The average molecular weight is 369 g/mol. The monoisotopic (exact) mass is 369 g/mol. The summed E-state index contributed by atoms with van der Waals surface area (Å²) in [6.45, 7) is 2.39. The van der Waals surface area contributed by atoms with Crippen LogP contribution < -0.4 is 9.47 Å². The molecule has 1 aliphatic rings. The van der Waals surface area contributed by atoms with Crippen molar-refractivity contribution in [2.75, 3.05) is 27.3 Å². The summed E-state index contributed by atoms with van der Waals surface area (Å²) in [5.74, 6) is -0.862. The van der Waals surface area contributed by atoms with Gasteiger partial charge in [-0.1, -0.05) is 30.3 Å². The van der Waals surface area contributed by atoms with E-state index in [1.165, 1.54) is 14.2 Å². The molecule has 1 fully saturated rings. The molecule has 0 unspecified atom stereocenters. The van der Waals surface area contributed by atoms with Crippen LogP contribution in [-0.2, 0) is 4.79 Å². The maximum Gasteiger partial charge on any atom is 0.308 e. The van der Waals surface area contributed by atoms with Crippen LogP contribution >= 0.6 is 0 Å². The van der Waals surface area contributed by atoms with Gasteiger partial charge in [0.1, 0.15) is 11.5 Å². The van der Waals surface area contributed by atoms with Crippen molar-refractivity contribution in [1.82, 2.24) is 4.90 Å². The molecule has 0 spiro atoms. The number of carbonyl (C=O) groups is 2. The number of carboxylic acids is 1. The topological polar surface area (TPSA) is 76.1 Å². The standard InChI is InChI=1S/C21H23NO5/c1-13-18(26-2)9-15(10-19(13)27-3)20(23)22-11-16(17(12-22)21(24)25)14-7-5-4-6-8-14/h4-10,16-17H,11-12H2,1-3H3,(H,24,25)/t16-,17-/m0/s1. The van der Waals surface area contributed by atoms with Crippen molar-refractivity contribution in [3.63, 3.8) is 0 Å². The lowest BCUT2D eigenvalue weighted by molar-refractivity contribution is -0.141. The third kappa shape index (κ3) is 3.60. The van der Waals surface area contributed by atoms with Gasteiger partial charge in [-0.2, -0.15) is 0 Å². The summed E-state index contributed by atoms with van der Waals surface area (Å²) in [6, 6.07) is 12.8. The molecule has 6 nitrogen and oxygen atoms in total. The molecule has 1 heterocycles. The van der Waals surface area contributed by atoms with Crippen LogP contribution in [0, 0.1) is 12.8 Å². The molecule has 6 heteroatoms. The van der Waals surface area contributed by atoms with Crippen LogP contribution in [0.5, 0.6) is 11.5 Å². The molecule has 2 aromatic carbocycles. The second-order valence-corrected chi connectivity index (χ2v) is 6.68. The van der Waals surface area contributed by atoms with Gasteiger partial charge in [0, 0.05) is 30.1 Å². The van der Waals surface area contributed by atoms with Gasteiger partial charge in [0.2, 0.25) is 0 Å². The van der Waals surface area contributed by atoms with Gasteiger partial charge >= 0.3 is 5.97 Å². The SMILES string of the molecule is COc1cc(C(=O)N2C[C@H](C(=O)O)[C@H](c3ccccc3)C2)cc(OC)c1C. The zero-order valence-corrected chi connectivity index (χ0v) is 15.6. The van der Waals surface area contributed by atoms with E-state index in [1.54, 1.807) is 17.0 Å². The van der Waals surface area contributed by atoms with E-state index in [-0.39, 0.29) is 18.4 Å². The highest BCUT2D eigenvalue weighted by atomic mass is 16.5. The minimum absolute atomic E-state index is 0.173. The van der Waals surface area contributed by atoms with Crippen molar-refractivity contribution in [3.05, 3.63) is 59.2 Å². The number of ether oxygens (including phenoxy) is 2. The largest absolute Gasteiger partial charge is 0.496 e. The van der Waals surface area contributed by atoms with Gasteiger partial charge in [0.05, 0.1) is 20.1 Å². The lowest BCUT2D eigenvalue weighted by Crippen LogP contribution is -2.30. The number of hydrogen-bond acceptors (Lipinski definition) is 4. The molecule has 0 bridgehead atoms. The van der Waals surface area contributed by atoms with Gasteiger partial charge in [-0.3, -0.25) is 9.59 Å². The molecule has 3 rings (SSSR count). The normalized spacial score (nSPS) is 19.0. The third-order valence-electron chi connectivity index (χ3n) is 5.15. The van der Waals surface area contributed by atoms with Crippen molar-refractivity contribution >= 4 is 11.9 Å². The number of benzene rings is 2. The van der Waals surface area contributed by atoms with E-state index in [2.05, 4.69) is 0 Å². The molecule has 27 heavy (non-hydrogen) atoms. The first-order chi connectivity index (χ1) is 13.0. The third-order valence-corrected chi connectivity index (χ3v) is 5.15. The number of likely N-dealkylation sites (tertiary alicyclic amines) is 1. The predicted molar refractivity (Wildman–Crippen MR) is 100 cm³/mol. The van der Waals surface area contributed by atoms with Gasteiger partial charge in [-0.25, -0.2) is 0 Å². The molecule has 2 atom stereocenters. The molecular weight excluding hydrogens is 346 g/mol. The molecule has 2 aromatic rings. The second kappa shape index (κ2) is 7.70. The summed E-state index contributed by atoms with van der Waals surface area (Å²) >= 11 is 0. The zero-order chi connectivity index (χ0) is 19.6. The number of carboxylic acid groups (broad SMARTS) is 1. The molecule has 0 aromatic heterocycles. The van der Waals surface area contributed by atoms with E-state index in [4.69, 9.17) is 9.47 Å². The Bertz CT molecular complexity index is 824. The molecule has 0 radical (unpaired) electrons. The van der Waals surface area contributed by atoms with E-state index in [9.17, 15) is 14.7 Å². The van der Waals surface area contributed by atoms with Crippen LogP contribution in [-0.4, -0.2) is 49.2 Å². The number of aliphatic carboxylic acids is 1. The quantitative estimate of drug-likeness (QED) is 0.877. The van der Waals surface area contributed by atoms with Crippen molar-refractivity contribution in [2.45, 2.75) is 12.8 Å². The fourth-order valence-corrected chi connectivity index (χ4v) is 3.65. The summed E-state index contributed by atoms with van der Waals surface area (Å²) in [6.07, 6.45) is 0. The zero-order valence-electron chi connectivity index (χ0n) is 15.6. The number of carbonyl (C=O) groups excluding carboxylic acids is 1. The molecule has 1 N–H and O–H groups in total. The molecule has 142 valence electrons. The Balaban J connectivity index is 1.91. The van der Waals surface area contributed by atoms with Crippen LogP contribution in [0.15, 0.2) is 42.5 Å². The molecule has 1 saturated heterocycles. The van der Waals surface area contributed by atoms with Crippen LogP contribution in [0.1, 0.15) is 27.4 Å². The van der Waals surface area contributed by atoms with E-state index in [0.29, 0.717) is 23.6 Å². The van der Waals surface area contributed by atoms with E-state index in [1.807, 2.05) is 37.3 Å². The summed E-state index contributed by atoms with van der Waals surface area (Å²) in [7, 11) is 3.08. The average Bonchev–Trinajstić information content (AvgIpc) is 3.14. The van der Waals surface area contributed by atoms with Crippen LogP contribution in [0.25, 0.3) is 0 Å². The Hall–Kier alpha value is -3.02. The molecule has 0 aliphatic carbocycles. The Morgan fingerprint density at radius 1 is 1.04 bits per heavy atom. The lowest BCUT2D eigenvalue weighted by Gasteiger charge is -2.18. The van der Waals surface area contributed by atoms with Gasteiger partial charge in [0.15, 0.2) is 0 Å². The Morgan fingerprint density at radius 3 is 2.15 bits per heavy atom. The summed E-state index contributed by atoms with van der Waals surface area (Å²) < 4.78 is 10.7. The molecular formula is C21H23NO5. The number of hydrogen-bond donors (Lipinski definition) is 1. The number of rotatable bonds is 5. The Morgan fingerprint density at radius 2 is 1.63 bits per heavy atom. The van der Waals surface area contributed by atoms with Crippen LogP contribution in [0.3, 0.4) is 0 Å². The van der Waals surface area contributed by atoms with Gasteiger partial charge < -0.3 is 19.5 Å². The van der Waals surface area contributed by atoms with E-state index >= 15 is 0 Å². The maximum atomic E-state index is 13.1. The van der Waals surface area contributed by atoms with Crippen molar-refractivity contribution < 1.29 is 24.2 Å². The number of nitrogens with zero attached hydrogens (tertiary/aromatic N) is 1. The van der Waals surface area contributed by atoms with Crippen molar-refractivity contribution in [3.8, 4) is 11.5 Å². The summed E-state index contributed by atoms with van der Waals surface area (Å²) in [5.41, 5.74) is 2.16. The number of methoxy groups -OCH3 is 2. The van der Waals surface area contributed by atoms with Gasteiger partial charge in [-0.05, 0) is 24.6 Å². The number of amides is 1. The van der Waals surface area contributed by atoms with Crippen LogP contribution in [0.4, 0.5) is 0 Å². The maximum absolute atomic E-state index is 13.1. The smallest absolute Gasteiger partial charge is 0.308 e. The van der Waals surface area contributed by atoms with E-state index < -0.39 is 11.9 Å². The molecule has 0 saturated carbocycles. The molecule has 1 amide bonds. The Kier molecular flexibility index (Phi) is 5.35. The highest BCUT2D eigenvalue weighted by Gasteiger charge is 2.40. The minimum Gasteiger partial charge on any atom is -0.496 e. The fraction of sp³-hybridized carbons (Fsp3) is 0.333. The first kappa shape index (κ1) is 18.8. The minimum atomic E-state index is -0.891. The van der Waals surface area contributed by atoms with Crippen molar-refractivity contribution in [2.24, 2.45) is 5.92 Å². The predicted octanol–water partition coefficient (Wildman–Crippen LogP) is 2.95. The van der Waals surface area contributed by atoms with Gasteiger partial charge in [0.25, 0.3) is 5.91 Å². The highest BCUT2D eigenvalue weighted by molar-refractivity contribution is 5.96. The lowest BCUT2D eigenvalue weighted by atomic mass is 9.89. The second-order valence-electron chi connectivity index (χ2n) is 6.68. The highest BCUT2D eigenvalue weighted by Crippen LogP contribution is 2.35. The molecule has 1 aliphatic heterocycles. The first-order valence-electron chi connectivity index (χ1n) is 8.76. The summed E-state index contributed by atoms with van der Waals surface area (Å²) in [5, 5.41) is 9.64. The van der Waals surface area contributed by atoms with Crippen molar-refractivity contribution in [1.29, 1.82) is 0 Å². The fourth-order valence-electron chi connectivity index (χ4n) is 3.65. The van der Waals surface area contributed by atoms with Crippen LogP contribution in [0.2, 0.25) is 0 Å². The first-order valence-corrected chi connectivity index (χ1v) is 8.76.